The smallest absolute Gasteiger partial charge is 0.407 e. The number of fused-ring (bicyclic) bond motifs is 2. The molecule has 1 amide bonds. The lowest BCUT2D eigenvalue weighted by molar-refractivity contribution is 0.133. The lowest BCUT2D eigenvalue weighted by atomic mass is 9.97. The highest BCUT2D eigenvalue weighted by atomic mass is 16.5. The highest BCUT2D eigenvalue weighted by Crippen LogP contribution is 2.34. The molecule has 7 heteroatoms. The fourth-order valence-electron chi connectivity index (χ4n) is 3.01. The molecule has 2 atom stereocenters. The van der Waals surface area contributed by atoms with Crippen molar-refractivity contribution in [2.45, 2.75) is 51.1 Å². The Morgan fingerprint density at radius 2 is 1.90 bits per heavy atom. The van der Waals surface area contributed by atoms with Crippen LogP contribution in [-0.2, 0) is 5.41 Å². The summed E-state index contributed by atoms with van der Waals surface area (Å²) in [7, 11) is 0. The summed E-state index contributed by atoms with van der Waals surface area (Å²) in [6, 6.07) is 0.325. The molecule has 0 aliphatic carbocycles. The highest BCUT2D eigenvalue weighted by molar-refractivity contribution is 5.66. The minimum absolute atomic E-state index is 0.162. The average Bonchev–Trinajstić information content (AvgIpc) is 2.91. The molecule has 0 radical (unpaired) electrons. The zero-order chi connectivity index (χ0) is 14.5. The van der Waals surface area contributed by atoms with Gasteiger partial charge < -0.3 is 19.4 Å². The van der Waals surface area contributed by atoms with Crippen LogP contribution in [0.3, 0.4) is 0 Å². The molecule has 7 nitrogen and oxygen atoms in total. The average molecular weight is 280 g/mol. The van der Waals surface area contributed by atoms with Crippen molar-refractivity contribution in [2.75, 3.05) is 18.0 Å². The number of anilines is 1. The van der Waals surface area contributed by atoms with E-state index in [0.29, 0.717) is 24.9 Å². The number of hydrogen-bond donors (Lipinski definition) is 1. The van der Waals surface area contributed by atoms with E-state index in [9.17, 15) is 4.79 Å². The van der Waals surface area contributed by atoms with E-state index >= 15 is 0 Å². The second kappa shape index (κ2) is 4.36. The number of carbonyl (C=O) groups is 1. The fourth-order valence-corrected chi connectivity index (χ4v) is 3.01. The van der Waals surface area contributed by atoms with Crippen molar-refractivity contribution in [1.82, 2.24) is 15.0 Å². The summed E-state index contributed by atoms with van der Waals surface area (Å²) in [5.74, 6) is 1.22. The fraction of sp³-hybridized carbons (Fsp3) is 0.769. The van der Waals surface area contributed by atoms with Crippen LogP contribution in [0, 0.1) is 0 Å². The molecule has 1 aromatic rings. The molecule has 2 unspecified atom stereocenters. The van der Waals surface area contributed by atoms with Crippen molar-refractivity contribution < 1.29 is 14.4 Å². The van der Waals surface area contributed by atoms with Crippen LogP contribution in [0.2, 0.25) is 0 Å². The van der Waals surface area contributed by atoms with Gasteiger partial charge in [0.2, 0.25) is 5.89 Å². The van der Waals surface area contributed by atoms with Crippen molar-refractivity contribution in [3.05, 3.63) is 5.89 Å². The van der Waals surface area contributed by atoms with Crippen LogP contribution in [0.15, 0.2) is 4.52 Å². The third-order valence-corrected chi connectivity index (χ3v) is 4.04. The Hall–Kier alpha value is -1.79. The largest absolute Gasteiger partial charge is 0.465 e. The molecule has 2 fully saturated rings. The van der Waals surface area contributed by atoms with Gasteiger partial charge in [-0.3, -0.25) is 0 Å². The van der Waals surface area contributed by atoms with E-state index in [0.717, 1.165) is 12.8 Å². The minimum Gasteiger partial charge on any atom is -0.465 e. The first kappa shape index (κ1) is 13.2. The van der Waals surface area contributed by atoms with Gasteiger partial charge in [-0.2, -0.15) is 4.98 Å². The molecule has 0 spiro atoms. The third kappa shape index (κ3) is 2.10. The second-order valence-corrected chi connectivity index (χ2v) is 6.63. The second-order valence-electron chi connectivity index (χ2n) is 6.63. The zero-order valence-corrected chi connectivity index (χ0v) is 12.0. The SMILES string of the molecule is CC(C)(C)c1nc(N2C3CCC2CN(C(=O)O)C3)no1. The van der Waals surface area contributed by atoms with Crippen LogP contribution in [0.4, 0.5) is 10.7 Å². The van der Waals surface area contributed by atoms with Crippen LogP contribution < -0.4 is 4.90 Å². The van der Waals surface area contributed by atoms with Crippen LogP contribution in [0.1, 0.15) is 39.5 Å². The van der Waals surface area contributed by atoms with E-state index in [1.807, 2.05) is 20.8 Å². The van der Waals surface area contributed by atoms with Gasteiger partial charge in [0.05, 0.1) is 12.1 Å². The van der Waals surface area contributed by atoms with Gasteiger partial charge in [0.25, 0.3) is 5.95 Å². The van der Waals surface area contributed by atoms with Gasteiger partial charge in [-0.15, -0.1) is 0 Å². The molecule has 2 bridgehead atoms. The monoisotopic (exact) mass is 280 g/mol. The molecule has 3 heterocycles. The lowest BCUT2D eigenvalue weighted by Gasteiger charge is -2.38. The van der Waals surface area contributed by atoms with Crippen molar-refractivity contribution in [3.8, 4) is 0 Å². The molecule has 1 aromatic heterocycles. The standard InChI is InChI=1S/C13H20N4O3/c1-13(2,3)10-14-11(15-20-10)17-8-4-5-9(17)7-16(6-8)12(18)19/h8-9H,4-7H2,1-3H3,(H,18,19). The summed E-state index contributed by atoms with van der Waals surface area (Å²) in [6.45, 7) is 7.13. The highest BCUT2D eigenvalue weighted by Gasteiger charge is 2.43. The van der Waals surface area contributed by atoms with Crippen molar-refractivity contribution in [1.29, 1.82) is 0 Å². The molecule has 110 valence electrons. The van der Waals surface area contributed by atoms with Gasteiger partial charge >= 0.3 is 6.09 Å². The van der Waals surface area contributed by atoms with E-state index in [1.165, 1.54) is 4.90 Å². The number of nitrogens with zero attached hydrogens (tertiary/aromatic N) is 4. The quantitative estimate of drug-likeness (QED) is 0.843. The van der Waals surface area contributed by atoms with Gasteiger partial charge in [0.15, 0.2) is 0 Å². The maximum atomic E-state index is 11.1. The van der Waals surface area contributed by atoms with Gasteiger partial charge in [-0.1, -0.05) is 20.8 Å². The Labute approximate surface area is 117 Å². The maximum Gasteiger partial charge on any atom is 0.407 e. The van der Waals surface area contributed by atoms with Crippen molar-refractivity contribution in [2.24, 2.45) is 0 Å². The van der Waals surface area contributed by atoms with Crippen LogP contribution in [-0.4, -0.2) is 51.4 Å². The molecular weight excluding hydrogens is 260 g/mol. The van der Waals surface area contributed by atoms with Crippen molar-refractivity contribution in [3.63, 3.8) is 0 Å². The Balaban J connectivity index is 1.82. The summed E-state index contributed by atoms with van der Waals surface area (Å²) in [5, 5.41) is 13.2. The Kier molecular flexibility index (Phi) is 2.88. The summed E-state index contributed by atoms with van der Waals surface area (Å²) >= 11 is 0. The molecular formula is C13H20N4O3. The third-order valence-electron chi connectivity index (χ3n) is 4.04. The molecule has 20 heavy (non-hydrogen) atoms. The molecule has 0 saturated carbocycles. The van der Waals surface area contributed by atoms with Crippen LogP contribution in [0.5, 0.6) is 0 Å². The summed E-state index contributed by atoms with van der Waals surface area (Å²) in [4.78, 5) is 19.2. The van der Waals surface area contributed by atoms with E-state index in [2.05, 4.69) is 15.0 Å². The molecule has 2 aliphatic heterocycles. The number of piperazine rings is 1. The lowest BCUT2D eigenvalue weighted by Crippen LogP contribution is -2.55. The van der Waals surface area contributed by atoms with Crippen molar-refractivity contribution >= 4 is 12.0 Å². The summed E-state index contributed by atoms with van der Waals surface area (Å²) < 4.78 is 5.35. The van der Waals surface area contributed by atoms with E-state index in [-0.39, 0.29) is 17.5 Å². The van der Waals surface area contributed by atoms with E-state index in [1.54, 1.807) is 0 Å². The molecule has 3 rings (SSSR count). The van der Waals surface area contributed by atoms with Crippen LogP contribution in [0.25, 0.3) is 0 Å². The first-order valence-electron chi connectivity index (χ1n) is 6.96. The Bertz CT molecular complexity index is 508. The zero-order valence-electron chi connectivity index (χ0n) is 12.0. The molecule has 2 aliphatic rings. The number of aromatic nitrogens is 2. The Morgan fingerprint density at radius 3 is 2.35 bits per heavy atom. The maximum absolute atomic E-state index is 11.1. The normalized spacial score (nSPS) is 26.1. The Morgan fingerprint density at radius 1 is 1.30 bits per heavy atom. The molecule has 1 N–H and O–H groups in total. The van der Waals surface area contributed by atoms with Gasteiger partial charge in [0, 0.05) is 18.5 Å². The summed E-state index contributed by atoms with van der Waals surface area (Å²) in [5.41, 5.74) is -0.173. The minimum atomic E-state index is -0.843. The number of hydrogen-bond acceptors (Lipinski definition) is 5. The van der Waals surface area contributed by atoms with E-state index < -0.39 is 6.09 Å². The van der Waals surface area contributed by atoms with Gasteiger partial charge in [-0.25, -0.2) is 4.79 Å². The number of rotatable bonds is 1. The number of likely N-dealkylation sites (tertiary alicyclic amines) is 1. The topological polar surface area (TPSA) is 82.7 Å². The molecule has 0 aromatic carbocycles. The number of carboxylic acid groups (broad SMARTS) is 1. The number of amides is 1. The predicted molar refractivity (Wildman–Crippen MR) is 71.9 cm³/mol. The van der Waals surface area contributed by atoms with E-state index in [4.69, 9.17) is 9.63 Å². The van der Waals surface area contributed by atoms with Crippen LogP contribution >= 0.6 is 0 Å². The summed E-state index contributed by atoms with van der Waals surface area (Å²) in [6.07, 6.45) is 1.12. The molecule has 2 saturated heterocycles. The predicted octanol–water partition coefficient (Wildman–Crippen LogP) is 1.70. The first-order valence-corrected chi connectivity index (χ1v) is 6.96. The van der Waals surface area contributed by atoms with Gasteiger partial charge in [0.1, 0.15) is 0 Å². The first-order chi connectivity index (χ1) is 9.36. The van der Waals surface area contributed by atoms with Gasteiger partial charge in [-0.05, 0) is 18.0 Å².